The lowest BCUT2D eigenvalue weighted by Gasteiger charge is -2.12. The number of rotatable bonds is 10. The summed E-state index contributed by atoms with van der Waals surface area (Å²) >= 11 is 1.44. The Morgan fingerprint density at radius 3 is 2.64 bits per heavy atom. The first-order chi connectivity index (χ1) is 16.0. The molecule has 0 bridgehead atoms. The van der Waals surface area contributed by atoms with E-state index in [0.29, 0.717) is 45.6 Å². The summed E-state index contributed by atoms with van der Waals surface area (Å²) in [6.45, 7) is 1.77. The monoisotopic (exact) mass is 467 g/mol. The molecule has 3 rings (SSSR count). The summed E-state index contributed by atoms with van der Waals surface area (Å²) in [4.78, 5) is 32.9. The zero-order valence-corrected chi connectivity index (χ0v) is 19.5. The fraction of sp³-hybridized carbons (Fsp3) is 0.250. The molecule has 0 saturated carbocycles. The van der Waals surface area contributed by atoms with Crippen LogP contribution < -0.4 is 14.8 Å². The van der Waals surface area contributed by atoms with Crippen LogP contribution in [-0.4, -0.2) is 36.1 Å². The smallest absolute Gasteiger partial charge is 0.305 e. The van der Waals surface area contributed by atoms with Gasteiger partial charge in [-0.25, -0.2) is 4.98 Å². The van der Waals surface area contributed by atoms with Gasteiger partial charge in [-0.2, -0.15) is 0 Å². The van der Waals surface area contributed by atoms with Gasteiger partial charge in [0, 0.05) is 41.9 Å². The number of amides is 1. The highest BCUT2D eigenvalue weighted by Crippen LogP contribution is 2.31. The molecule has 0 aliphatic rings. The SMILES string of the molecule is CCC(=O)OCc1cc(NC(=O)c2cccnc2SCc2ccc(OC)cc2OC)ccn1. The molecule has 1 aromatic carbocycles. The van der Waals surface area contributed by atoms with Gasteiger partial charge in [0.2, 0.25) is 0 Å². The first kappa shape index (κ1) is 24.1. The van der Waals surface area contributed by atoms with Crippen LogP contribution in [0.4, 0.5) is 5.69 Å². The van der Waals surface area contributed by atoms with Crippen molar-refractivity contribution in [3.8, 4) is 11.5 Å². The summed E-state index contributed by atoms with van der Waals surface area (Å²) in [5.74, 6) is 1.37. The first-order valence-electron chi connectivity index (χ1n) is 10.2. The number of ether oxygens (including phenoxy) is 3. The van der Waals surface area contributed by atoms with Crippen LogP contribution in [0, 0.1) is 0 Å². The number of pyridine rings is 2. The van der Waals surface area contributed by atoms with Crippen LogP contribution in [-0.2, 0) is 21.9 Å². The average Bonchev–Trinajstić information content (AvgIpc) is 2.86. The van der Waals surface area contributed by atoms with Crippen molar-refractivity contribution in [2.45, 2.75) is 30.7 Å². The Morgan fingerprint density at radius 1 is 1.03 bits per heavy atom. The minimum Gasteiger partial charge on any atom is -0.497 e. The molecule has 3 aromatic rings. The number of nitrogens with zero attached hydrogens (tertiary/aromatic N) is 2. The van der Waals surface area contributed by atoms with Crippen molar-refractivity contribution >= 4 is 29.3 Å². The Bertz CT molecular complexity index is 1120. The van der Waals surface area contributed by atoms with Gasteiger partial charge >= 0.3 is 5.97 Å². The summed E-state index contributed by atoms with van der Waals surface area (Å²) in [5, 5.41) is 3.46. The highest BCUT2D eigenvalue weighted by atomic mass is 32.2. The van der Waals surface area contributed by atoms with Gasteiger partial charge in [0.1, 0.15) is 23.1 Å². The van der Waals surface area contributed by atoms with E-state index in [2.05, 4.69) is 15.3 Å². The van der Waals surface area contributed by atoms with Crippen molar-refractivity contribution < 1.29 is 23.8 Å². The summed E-state index contributed by atoms with van der Waals surface area (Å²) in [7, 11) is 3.21. The third kappa shape index (κ3) is 6.69. The summed E-state index contributed by atoms with van der Waals surface area (Å²) in [5.41, 5.74) is 2.50. The molecular formula is C24H25N3O5S. The van der Waals surface area contributed by atoms with Gasteiger partial charge in [0.25, 0.3) is 5.91 Å². The van der Waals surface area contributed by atoms with Crippen molar-refractivity contribution in [2.24, 2.45) is 0 Å². The molecule has 172 valence electrons. The zero-order valence-electron chi connectivity index (χ0n) is 18.7. The van der Waals surface area contributed by atoms with Crippen LogP contribution in [0.3, 0.4) is 0 Å². The van der Waals surface area contributed by atoms with Crippen LogP contribution in [0.15, 0.2) is 59.9 Å². The van der Waals surface area contributed by atoms with E-state index in [9.17, 15) is 9.59 Å². The number of nitrogens with one attached hydrogen (secondary N) is 1. The summed E-state index contributed by atoms with van der Waals surface area (Å²) < 4.78 is 15.8. The summed E-state index contributed by atoms with van der Waals surface area (Å²) in [6, 6.07) is 12.4. The van der Waals surface area contributed by atoms with Gasteiger partial charge in [-0.3, -0.25) is 14.6 Å². The molecule has 0 aliphatic heterocycles. The number of methoxy groups -OCH3 is 2. The minimum absolute atomic E-state index is 0.0497. The molecule has 1 N–H and O–H groups in total. The quantitative estimate of drug-likeness (QED) is 0.344. The van der Waals surface area contributed by atoms with Crippen LogP contribution in [0.25, 0.3) is 0 Å². The lowest BCUT2D eigenvalue weighted by Crippen LogP contribution is -2.14. The fourth-order valence-corrected chi connectivity index (χ4v) is 3.87. The third-order valence-electron chi connectivity index (χ3n) is 4.62. The molecule has 0 fully saturated rings. The molecule has 0 spiro atoms. The van der Waals surface area contributed by atoms with Crippen molar-refractivity contribution in [3.63, 3.8) is 0 Å². The van der Waals surface area contributed by atoms with Crippen molar-refractivity contribution in [1.82, 2.24) is 9.97 Å². The molecule has 33 heavy (non-hydrogen) atoms. The molecule has 0 unspecified atom stereocenters. The van der Waals surface area contributed by atoms with Gasteiger partial charge in [-0.05, 0) is 30.3 Å². The van der Waals surface area contributed by atoms with Crippen LogP contribution >= 0.6 is 11.8 Å². The van der Waals surface area contributed by atoms with Crippen molar-refractivity contribution in [2.75, 3.05) is 19.5 Å². The van der Waals surface area contributed by atoms with Gasteiger partial charge in [-0.15, -0.1) is 11.8 Å². The standard InChI is InChI=1S/C24H25N3O5S/c1-4-22(28)32-14-18-12-17(9-11-25-18)27-23(29)20-6-5-10-26-24(20)33-15-16-7-8-19(30-2)13-21(16)31-3/h5-13H,4,14-15H2,1-3H3,(H,25,27,29). The lowest BCUT2D eigenvalue weighted by molar-refractivity contribution is -0.144. The number of benzene rings is 1. The number of hydrogen-bond acceptors (Lipinski definition) is 8. The lowest BCUT2D eigenvalue weighted by atomic mass is 10.2. The van der Waals surface area contributed by atoms with Gasteiger partial charge < -0.3 is 19.5 Å². The molecule has 0 radical (unpaired) electrons. The molecule has 0 atom stereocenters. The number of aromatic nitrogens is 2. The van der Waals surface area contributed by atoms with E-state index in [1.54, 1.807) is 57.8 Å². The minimum atomic E-state index is -0.309. The maximum atomic E-state index is 13.0. The average molecular weight is 468 g/mol. The molecule has 1 amide bonds. The topological polar surface area (TPSA) is 99.6 Å². The number of anilines is 1. The number of hydrogen-bond donors (Lipinski definition) is 1. The second-order valence-electron chi connectivity index (χ2n) is 6.83. The predicted molar refractivity (Wildman–Crippen MR) is 126 cm³/mol. The maximum Gasteiger partial charge on any atom is 0.305 e. The molecule has 9 heteroatoms. The van der Waals surface area contributed by atoms with E-state index in [1.807, 2.05) is 18.2 Å². The second-order valence-corrected chi connectivity index (χ2v) is 7.79. The molecule has 2 aromatic heterocycles. The molecule has 2 heterocycles. The Hall–Kier alpha value is -3.59. The first-order valence-corrected chi connectivity index (χ1v) is 11.2. The van der Waals surface area contributed by atoms with Gasteiger partial charge in [-0.1, -0.05) is 13.0 Å². The van der Waals surface area contributed by atoms with E-state index >= 15 is 0 Å². The Labute approximate surface area is 196 Å². The van der Waals surface area contributed by atoms with E-state index in [4.69, 9.17) is 14.2 Å². The van der Waals surface area contributed by atoms with E-state index in [0.717, 1.165) is 5.56 Å². The summed E-state index contributed by atoms with van der Waals surface area (Å²) in [6.07, 6.45) is 3.50. The molecule has 0 aliphatic carbocycles. The largest absolute Gasteiger partial charge is 0.497 e. The van der Waals surface area contributed by atoms with Crippen LogP contribution in [0.2, 0.25) is 0 Å². The Morgan fingerprint density at radius 2 is 1.88 bits per heavy atom. The zero-order chi connectivity index (χ0) is 23.6. The van der Waals surface area contributed by atoms with Gasteiger partial charge in [0.05, 0.1) is 25.5 Å². The number of carbonyl (C=O) groups excluding carboxylic acids is 2. The molecule has 8 nitrogen and oxygen atoms in total. The van der Waals surface area contributed by atoms with Crippen LogP contribution in [0.1, 0.15) is 35.0 Å². The van der Waals surface area contributed by atoms with E-state index in [1.165, 1.54) is 11.8 Å². The highest BCUT2D eigenvalue weighted by Gasteiger charge is 2.15. The van der Waals surface area contributed by atoms with E-state index in [-0.39, 0.29) is 18.5 Å². The fourth-order valence-electron chi connectivity index (χ4n) is 2.89. The predicted octanol–water partition coefficient (Wildman–Crippen LogP) is 4.49. The molecular weight excluding hydrogens is 442 g/mol. The number of carbonyl (C=O) groups is 2. The number of thioether (sulfide) groups is 1. The maximum absolute atomic E-state index is 13.0. The third-order valence-corrected chi connectivity index (χ3v) is 5.67. The second kappa shape index (κ2) is 11.9. The Balaban J connectivity index is 1.70. The van der Waals surface area contributed by atoms with E-state index < -0.39 is 0 Å². The highest BCUT2D eigenvalue weighted by molar-refractivity contribution is 7.98. The van der Waals surface area contributed by atoms with Crippen molar-refractivity contribution in [1.29, 1.82) is 0 Å². The van der Waals surface area contributed by atoms with Crippen molar-refractivity contribution in [3.05, 3.63) is 71.7 Å². The number of esters is 1. The normalized spacial score (nSPS) is 10.4. The van der Waals surface area contributed by atoms with Gasteiger partial charge in [0.15, 0.2) is 0 Å². The Kier molecular flexibility index (Phi) is 8.65. The molecule has 0 saturated heterocycles. The van der Waals surface area contributed by atoms with Crippen LogP contribution in [0.5, 0.6) is 11.5 Å².